The predicted molar refractivity (Wildman–Crippen MR) is 167 cm³/mol. The van der Waals surface area contributed by atoms with E-state index in [1.165, 1.54) is 0 Å². The summed E-state index contributed by atoms with van der Waals surface area (Å²) in [5, 5.41) is 21.4. The molecule has 0 aromatic carbocycles. The van der Waals surface area contributed by atoms with Crippen molar-refractivity contribution in [3.63, 3.8) is 0 Å². The van der Waals surface area contributed by atoms with Crippen molar-refractivity contribution < 1.29 is 52.7 Å². The molecule has 5 N–H and O–H groups in total. The summed E-state index contributed by atoms with van der Waals surface area (Å²) in [6.07, 6.45) is 0.382. The summed E-state index contributed by atoms with van der Waals surface area (Å²) in [4.78, 5) is 46.0. The van der Waals surface area contributed by atoms with Crippen LogP contribution in [0.1, 0.15) is 19.3 Å². The van der Waals surface area contributed by atoms with E-state index in [-0.39, 0.29) is 73.6 Å². The molecule has 0 aliphatic heterocycles. The molecule has 1 fully saturated rings. The first kappa shape index (κ1) is 40.6. The lowest BCUT2D eigenvalue weighted by molar-refractivity contribution is -0.123. The van der Waals surface area contributed by atoms with Gasteiger partial charge in [0.25, 0.3) is 0 Å². The number of rotatable bonds is 30. The summed E-state index contributed by atoms with van der Waals surface area (Å²) in [6, 6.07) is 0. The van der Waals surface area contributed by atoms with Crippen LogP contribution < -0.4 is 21.3 Å². The minimum atomic E-state index is -0.534. The zero-order valence-electron chi connectivity index (χ0n) is 25.2. The van der Waals surface area contributed by atoms with Crippen molar-refractivity contribution in [2.24, 2.45) is 5.41 Å². The molecular weight excluding hydrogens is 716 g/mol. The summed E-state index contributed by atoms with van der Waals surface area (Å²) in [5.74, 6) is -0.508. The summed E-state index contributed by atoms with van der Waals surface area (Å²) in [5.41, 5.74) is -0.502. The highest BCUT2D eigenvalue weighted by Gasteiger charge is 2.54. The van der Waals surface area contributed by atoms with E-state index in [4.69, 9.17) is 28.4 Å². The van der Waals surface area contributed by atoms with Crippen LogP contribution in [-0.4, -0.2) is 151 Å². The average molecular weight is 765 g/mol. The molecule has 15 nitrogen and oxygen atoms in total. The number of aliphatic hydroxyl groups is 1. The third-order valence-corrected chi connectivity index (χ3v) is 7.15. The quantitative estimate of drug-likeness (QED) is 0.0440. The first-order valence-electron chi connectivity index (χ1n) is 14.7. The molecule has 1 rings (SSSR count). The monoisotopic (exact) mass is 762 g/mol. The normalized spacial score (nSPS) is 15.0. The van der Waals surface area contributed by atoms with Gasteiger partial charge < -0.3 is 54.8 Å². The lowest BCUT2D eigenvalue weighted by atomic mass is 10.1. The van der Waals surface area contributed by atoms with E-state index in [0.717, 1.165) is 0 Å². The first-order chi connectivity index (χ1) is 21.3. The Balaban J connectivity index is 1.92. The molecule has 1 saturated carbocycles. The van der Waals surface area contributed by atoms with Crippen LogP contribution in [0.4, 0.5) is 0 Å². The number of amides is 4. The maximum absolute atomic E-state index is 12.0. The largest absolute Gasteiger partial charge is 0.392 e. The molecule has 0 bridgehead atoms. The number of carbonyl (C=O) groups is 4. The van der Waals surface area contributed by atoms with Gasteiger partial charge in [0.15, 0.2) is 0 Å². The Labute approximate surface area is 275 Å². The summed E-state index contributed by atoms with van der Waals surface area (Å²) in [7, 11) is 0. The fourth-order valence-corrected chi connectivity index (χ4v) is 3.92. The van der Waals surface area contributed by atoms with Crippen LogP contribution in [0.25, 0.3) is 0 Å². The molecule has 0 heterocycles. The number of hydrogen-bond donors (Lipinski definition) is 5. The number of nitrogens with one attached hydrogen (secondary N) is 4. The number of hydrogen-bond acceptors (Lipinski definition) is 11. The Morgan fingerprint density at radius 1 is 0.545 bits per heavy atom. The zero-order chi connectivity index (χ0) is 32.3. The fourth-order valence-electron chi connectivity index (χ4n) is 3.52. The molecule has 0 saturated heterocycles. The lowest BCUT2D eigenvalue weighted by Crippen LogP contribution is -2.30. The van der Waals surface area contributed by atoms with E-state index in [0.29, 0.717) is 85.5 Å². The molecule has 1 aliphatic rings. The van der Waals surface area contributed by atoms with Gasteiger partial charge >= 0.3 is 0 Å². The molecule has 0 spiro atoms. The van der Waals surface area contributed by atoms with Crippen LogP contribution in [-0.2, 0) is 47.6 Å². The number of aliphatic hydroxyl groups excluding tert-OH is 1. The highest BCUT2D eigenvalue weighted by Crippen LogP contribution is 2.46. The maximum atomic E-state index is 12.0. The maximum Gasteiger partial charge on any atom is 0.230 e. The van der Waals surface area contributed by atoms with Crippen LogP contribution in [0, 0.1) is 5.41 Å². The van der Waals surface area contributed by atoms with E-state index in [1.807, 2.05) is 0 Å². The van der Waals surface area contributed by atoms with Crippen molar-refractivity contribution in [2.75, 3.05) is 116 Å². The molecule has 44 heavy (non-hydrogen) atoms. The van der Waals surface area contributed by atoms with E-state index in [9.17, 15) is 24.3 Å². The van der Waals surface area contributed by atoms with Gasteiger partial charge in [0.2, 0.25) is 23.6 Å². The smallest absolute Gasteiger partial charge is 0.230 e. The van der Waals surface area contributed by atoms with Gasteiger partial charge in [0, 0.05) is 44.4 Å². The number of carbonyl (C=O) groups excluding carboxylic acids is 4. The van der Waals surface area contributed by atoms with Crippen molar-refractivity contribution in [1.29, 1.82) is 0 Å². The summed E-state index contributed by atoms with van der Waals surface area (Å²) >= 11 is 6.12. The molecule has 1 unspecified atom stereocenters. The van der Waals surface area contributed by atoms with Gasteiger partial charge in [-0.15, -0.1) is 0 Å². The van der Waals surface area contributed by atoms with Gasteiger partial charge in [-0.2, -0.15) is 0 Å². The number of ether oxygens (including phenoxy) is 6. The van der Waals surface area contributed by atoms with Crippen molar-refractivity contribution in [3.8, 4) is 0 Å². The lowest BCUT2D eigenvalue weighted by Gasteiger charge is -2.16. The first-order valence-corrected chi connectivity index (χ1v) is 16.9. The third kappa shape index (κ3) is 22.1. The molecule has 1 aliphatic carbocycles. The number of alkyl halides is 2. The van der Waals surface area contributed by atoms with Crippen molar-refractivity contribution in [1.82, 2.24) is 21.3 Å². The second-order valence-electron chi connectivity index (χ2n) is 9.80. The minimum absolute atomic E-state index is 0.0932. The minimum Gasteiger partial charge on any atom is -0.392 e. The topological polar surface area (TPSA) is 192 Å². The van der Waals surface area contributed by atoms with Gasteiger partial charge in [-0.05, 0) is 6.42 Å². The predicted octanol–water partition coefficient (Wildman–Crippen LogP) is -1.13. The van der Waals surface area contributed by atoms with Crippen molar-refractivity contribution >= 4 is 55.5 Å². The molecule has 17 heteroatoms. The van der Waals surface area contributed by atoms with Crippen LogP contribution in [0.3, 0.4) is 0 Å². The standard InChI is InChI=1S/C27H48Br2N4O11/c28-18-25(37)32-5-11-41-15-13-39-9-3-30-23(35)1-7-43-20-27(17-22(27)34)21-44-8-2-24(36)31-4-10-40-14-16-42-12-6-33-26(38)19-29/h22,34H,1-21H2,(H,30,35)(H,31,36)(H,32,37)(H,33,38). The van der Waals surface area contributed by atoms with Crippen LogP contribution in [0.2, 0.25) is 0 Å². The Morgan fingerprint density at radius 2 is 0.864 bits per heavy atom. The van der Waals surface area contributed by atoms with Gasteiger partial charge in [0.1, 0.15) is 0 Å². The van der Waals surface area contributed by atoms with Crippen LogP contribution >= 0.6 is 31.9 Å². The number of halogens is 2. The Morgan fingerprint density at radius 3 is 1.16 bits per heavy atom. The Kier molecular flexibility index (Phi) is 24.7. The molecular formula is C27H48Br2N4O11. The molecule has 4 amide bonds. The van der Waals surface area contributed by atoms with Gasteiger partial charge in [-0.3, -0.25) is 19.2 Å². The van der Waals surface area contributed by atoms with E-state index < -0.39 is 11.5 Å². The molecule has 0 aromatic rings. The van der Waals surface area contributed by atoms with Gasteiger partial charge in [-0.1, -0.05) is 31.9 Å². The van der Waals surface area contributed by atoms with E-state index in [1.54, 1.807) is 0 Å². The average Bonchev–Trinajstić information content (AvgIpc) is 3.67. The fraction of sp³-hybridized carbons (Fsp3) is 0.852. The highest BCUT2D eigenvalue weighted by molar-refractivity contribution is 9.09. The molecule has 0 aromatic heterocycles. The van der Waals surface area contributed by atoms with Crippen LogP contribution in [0.15, 0.2) is 0 Å². The second-order valence-corrected chi connectivity index (χ2v) is 10.9. The molecule has 0 radical (unpaired) electrons. The molecule has 256 valence electrons. The Hall–Kier alpha value is -1.44. The SMILES string of the molecule is O=C(CBr)NCCOCCOCCNC(=O)CCOCC1(COCCC(=O)NCCOCCOCCNC(=O)CBr)CC1O. The van der Waals surface area contributed by atoms with E-state index in [2.05, 4.69) is 53.1 Å². The highest BCUT2D eigenvalue weighted by atomic mass is 79.9. The van der Waals surface area contributed by atoms with Gasteiger partial charge in [0.05, 0.1) is 96.0 Å². The summed E-state index contributed by atoms with van der Waals surface area (Å²) in [6.45, 7) is 5.65. The van der Waals surface area contributed by atoms with E-state index >= 15 is 0 Å². The van der Waals surface area contributed by atoms with Crippen molar-refractivity contribution in [3.05, 3.63) is 0 Å². The Bertz CT molecular complexity index is 758. The van der Waals surface area contributed by atoms with Crippen molar-refractivity contribution in [2.45, 2.75) is 25.4 Å². The van der Waals surface area contributed by atoms with Crippen LogP contribution in [0.5, 0.6) is 0 Å². The second kappa shape index (κ2) is 26.7. The third-order valence-electron chi connectivity index (χ3n) is 6.13. The van der Waals surface area contributed by atoms with Gasteiger partial charge in [-0.25, -0.2) is 0 Å². The summed E-state index contributed by atoms with van der Waals surface area (Å²) < 4.78 is 32.7. The zero-order valence-corrected chi connectivity index (χ0v) is 28.4. The molecule has 1 atom stereocenters.